The van der Waals surface area contributed by atoms with Crippen LogP contribution in [0.15, 0.2) is 29.3 Å². The number of guanidine groups is 1. The molecule has 2 rings (SSSR count). The van der Waals surface area contributed by atoms with Crippen molar-refractivity contribution in [2.24, 2.45) is 10.9 Å². The molecule has 0 saturated carbocycles. The van der Waals surface area contributed by atoms with Crippen molar-refractivity contribution < 1.29 is 4.74 Å². The van der Waals surface area contributed by atoms with Gasteiger partial charge >= 0.3 is 0 Å². The molecule has 0 radical (unpaired) electrons. The number of rotatable bonds is 8. The molecule has 146 valence electrons. The number of hydrogen-bond donors (Lipinski definition) is 2. The van der Waals surface area contributed by atoms with Crippen LogP contribution >= 0.6 is 0 Å². The van der Waals surface area contributed by atoms with E-state index in [-0.39, 0.29) is 0 Å². The molecule has 1 unspecified atom stereocenters. The summed E-state index contributed by atoms with van der Waals surface area (Å²) in [4.78, 5) is 6.81. The highest BCUT2D eigenvalue weighted by atomic mass is 16.5. The molecule has 1 aromatic rings. The van der Waals surface area contributed by atoms with Gasteiger partial charge in [0.25, 0.3) is 0 Å². The summed E-state index contributed by atoms with van der Waals surface area (Å²) >= 11 is 0. The van der Waals surface area contributed by atoms with E-state index in [4.69, 9.17) is 4.74 Å². The molecule has 5 nitrogen and oxygen atoms in total. The number of morpholine rings is 1. The van der Waals surface area contributed by atoms with Gasteiger partial charge in [-0.1, -0.05) is 51.0 Å². The second kappa shape index (κ2) is 11.2. The Bertz CT molecular complexity index is 557. The van der Waals surface area contributed by atoms with Gasteiger partial charge in [0.1, 0.15) is 0 Å². The topological polar surface area (TPSA) is 48.9 Å². The van der Waals surface area contributed by atoms with Crippen LogP contribution < -0.4 is 10.6 Å². The Hall–Kier alpha value is -1.59. The predicted octanol–water partition coefficient (Wildman–Crippen LogP) is 3.01. The molecule has 0 spiro atoms. The van der Waals surface area contributed by atoms with E-state index in [9.17, 15) is 0 Å². The van der Waals surface area contributed by atoms with Gasteiger partial charge in [0.2, 0.25) is 0 Å². The van der Waals surface area contributed by atoms with Crippen molar-refractivity contribution in [3.8, 4) is 0 Å². The first kappa shape index (κ1) is 20.7. The molecular weight excluding hydrogens is 324 g/mol. The van der Waals surface area contributed by atoms with Crippen molar-refractivity contribution in [3.05, 3.63) is 35.4 Å². The van der Waals surface area contributed by atoms with E-state index in [1.807, 2.05) is 7.05 Å². The third kappa shape index (κ3) is 6.96. The SMILES string of the molecule is CCC(CC)CNC(=NC)NCc1cccc(CN2CCOC(C)C2)c1. The van der Waals surface area contributed by atoms with Crippen LogP contribution in [0.4, 0.5) is 0 Å². The molecule has 1 atom stereocenters. The van der Waals surface area contributed by atoms with Gasteiger partial charge in [-0.05, 0) is 24.0 Å². The first-order valence-electron chi connectivity index (χ1n) is 10.0. The minimum atomic E-state index is 0.332. The molecule has 26 heavy (non-hydrogen) atoms. The van der Waals surface area contributed by atoms with Crippen LogP contribution in [0.5, 0.6) is 0 Å². The van der Waals surface area contributed by atoms with Crippen molar-refractivity contribution in [2.75, 3.05) is 33.3 Å². The molecule has 0 amide bonds. The van der Waals surface area contributed by atoms with Gasteiger partial charge in [-0.2, -0.15) is 0 Å². The minimum Gasteiger partial charge on any atom is -0.376 e. The molecule has 5 heteroatoms. The Morgan fingerprint density at radius 1 is 1.27 bits per heavy atom. The fourth-order valence-corrected chi connectivity index (χ4v) is 3.36. The number of ether oxygens (including phenoxy) is 1. The van der Waals surface area contributed by atoms with E-state index in [1.54, 1.807) is 0 Å². The second-order valence-corrected chi connectivity index (χ2v) is 7.23. The number of benzene rings is 1. The van der Waals surface area contributed by atoms with E-state index < -0.39 is 0 Å². The van der Waals surface area contributed by atoms with Gasteiger partial charge < -0.3 is 15.4 Å². The molecule has 1 aliphatic rings. The Balaban J connectivity index is 1.83. The highest BCUT2D eigenvalue weighted by molar-refractivity contribution is 5.79. The Labute approximate surface area is 159 Å². The van der Waals surface area contributed by atoms with E-state index in [0.29, 0.717) is 12.0 Å². The molecular formula is C21H36N4O. The summed E-state index contributed by atoms with van der Waals surface area (Å²) in [6.45, 7) is 12.2. The summed E-state index contributed by atoms with van der Waals surface area (Å²) in [6.07, 6.45) is 2.73. The van der Waals surface area contributed by atoms with Crippen molar-refractivity contribution in [1.29, 1.82) is 0 Å². The van der Waals surface area contributed by atoms with Crippen LogP contribution in [0, 0.1) is 5.92 Å². The zero-order chi connectivity index (χ0) is 18.8. The lowest BCUT2D eigenvalue weighted by Gasteiger charge is -2.31. The maximum atomic E-state index is 5.63. The molecule has 1 heterocycles. The van der Waals surface area contributed by atoms with Crippen molar-refractivity contribution in [2.45, 2.75) is 52.8 Å². The third-order valence-electron chi connectivity index (χ3n) is 5.12. The highest BCUT2D eigenvalue weighted by Crippen LogP contribution is 2.12. The Kier molecular flexibility index (Phi) is 8.92. The van der Waals surface area contributed by atoms with Gasteiger partial charge in [-0.15, -0.1) is 0 Å². The van der Waals surface area contributed by atoms with Gasteiger partial charge in [0, 0.05) is 39.8 Å². The van der Waals surface area contributed by atoms with Crippen LogP contribution in [0.1, 0.15) is 44.7 Å². The van der Waals surface area contributed by atoms with Crippen LogP contribution in [-0.4, -0.2) is 50.3 Å². The summed E-state index contributed by atoms with van der Waals surface area (Å²) in [5.74, 6) is 1.58. The van der Waals surface area contributed by atoms with Gasteiger partial charge in [-0.25, -0.2) is 0 Å². The zero-order valence-corrected chi connectivity index (χ0v) is 16.9. The zero-order valence-electron chi connectivity index (χ0n) is 16.9. The van der Waals surface area contributed by atoms with Gasteiger partial charge in [-0.3, -0.25) is 9.89 Å². The Morgan fingerprint density at radius 2 is 2.04 bits per heavy atom. The second-order valence-electron chi connectivity index (χ2n) is 7.23. The lowest BCUT2D eigenvalue weighted by molar-refractivity contribution is -0.0212. The van der Waals surface area contributed by atoms with Crippen LogP contribution in [0.3, 0.4) is 0 Å². The molecule has 2 N–H and O–H groups in total. The van der Waals surface area contributed by atoms with Crippen molar-refractivity contribution >= 4 is 5.96 Å². The molecule has 1 aliphatic heterocycles. The van der Waals surface area contributed by atoms with Crippen LogP contribution in [0.25, 0.3) is 0 Å². The highest BCUT2D eigenvalue weighted by Gasteiger charge is 2.16. The van der Waals surface area contributed by atoms with Crippen LogP contribution in [-0.2, 0) is 17.8 Å². The summed E-state index contributed by atoms with van der Waals surface area (Å²) < 4.78 is 5.63. The third-order valence-corrected chi connectivity index (χ3v) is 5.12. The van der Waals surface area contributed by atoms with E-state index in [1.165, 1.54) is 24.0 Å². The van der Waals surface area contributed by atoms with Gasteiger partial charge in [0.05, 0.1) is 12.7 Å². The summed E-state index contributed by atoms with van der Waals surface area (Å²) in [5.41, 5.74) is 2.65. The lowest BCUT2D eigenvalue weighted by Crippen LogP contribution is -2.40. The quantitative estimate of drug-likeness (QED) is 0.553. The van der Waals surface area contributed by atoms with Crippen LogP contribution in [0.2, 0.25) is 0 Å². The normalized spacial score (nSPS) is 19.0. The molecule has 0 bridgehead atoms. The summed E-state index contributed by atoms with van der Waals surface area (Å²) in [6, 6.07) is 8.83. The van der Waals surface area contributed by atoms with Crippen molar-refractivity contribution in [3.63, 3.8) is 0 Å². The van der Waals surface area contributed by atoms with E-state index in [2.05, 4.69) is 65.6 Å². The molecule has 0 aromatic heterocycles. The largest absolute Gasteiger partial charge is 0.376 e. The lowest BCUT2D eigenvalue weighted by atomic mass is 10.0. The number of aliphatic imine (C=N–C) groups is 1. The van der Waals surface area contributed by atoms with Gasteiger partial charge in [0.15, 0.2) is 5.96 Å². The first-order valence-corrected chi connectivity index (χ1v) is 10.0. The fourth-order valence-electron chi connectivity index (χ4n) is 3.36. The molecule has 1 aromatic carbocycles. The minimum absolute atomic E-state index is 0.332. The van der Waals surface area contributed by atoms with Crippen molar-refractivity contribution in [1.82, 2.24) is 15.5 Å². The molecule has 1 saturated heterocycles. The fraction of sp³-hybridized carbons (Fsp3) is 0.667. The average molecular weight is 361 g/mol. The average Bonchev–Trinajstić information content (AvgIpc) is 2.65. The first-order chi connectivity index (χ1) is 12.6. The summed E-state index contributed by atoms with van der Waals surface area (Å²) in [7, 11) is 1.83. The maximum absolute atomic E-state index is 5.63. The number of nitrogens with zero attached hydrogens (tertiary/aromatic N) is 2. The monoisotopic (exact) mass is 360 g/mol. The summed E-state index contributed by atoms with van der Waals surface area (Å²) in [5, 5.41) is 6.88. The smallest absolute Gasteiger partial charge is 0.191 e. The number of hydrogen-bond acceptors (Lipinski definition) is 3. The predicted molar refractivity (Wildman–Crippen MR) is 109 cm³/mol. The molecule has 1 fully saturated rings. The number of nitrogens with one attached hydrogen (secondary N) is 2. The Morgan fingerprint density at radius 3 is 2.73 bits per heavy atom. The van der Waals surface area contributed by atoms with E-state index >= 15 is 0 Å². The standard InChI is InChI=1S/C21H36N4O/c1-5-18(6-2)13-23-21(22-4)24-14-19-8-7-9-20(12-19)16-25-10-11-26-17(3)15-25/h7-9,12,17-18H,5-6,10-11,13-16H2,1-4H3,(H2,22,23,24). The molecule has 0 aliphatic carbocycles. The maximum Gasteiger partial charge on any atom is 0.191 e. The van der Waals surface area contributed by atoms with E-state index in [0.717, 1.165) is 45.3 Å².